The van der Waals surface area contributed by atoms with Crippen LogP contribution in [0.3, 0.4) is 0 Å². The molecule has 12 heteroatoms. The van der Waals surface area contributed by atoms with E-state index in [9.17, 15) is 18.7 Å². The van der Waals surface area contributed by atoms with Crippen molar-refractivity contribution in [1.82, 2.24) is 29.3 Å². The molecule has 0 radical (unpaired) electrons. The summed E-state index contributed by atoms with van der Waals surface area (Å²) in [5.74, 6) is -0.0721. The number of carbonyl (C=O) groups is 1. The van der Waals surface area contributed by atoms with Crippen molar-refractivity contribution in [2.75, 3.05) is 30.3 Å². The molecule has 1 amide bonds. The van der Waals surface area contributed by atoms with E-state index in [1.807, 2.05) is 0 Å². The van der Waals surface area contributed by atoms with Gasteiger partial charge in [-0.3, -0.25) is 9.48 Å². The van der Waals surface area contributed by atoms with Crippen molar-refractivity contribution in [1.29, 1.82) is 0 Å². The van der Waals surface area contributed by atoms with Crippen molar-refractivity contribution in [3.8, 4) is 0 Å². The minimum absolute atomic E-state index is 0.00752. The number of anilines is 2. The Morgan fingerprint density at radius 1 is 1.22 bits per heavy atom. The molecule has 1 aliphatic carbocycles. The summed E-state index contributed by atoms with van der Waals surface area (Å²) in [5.41, 5.74) is -0.000914. The van der Waals surface area contributed by atoms with Gasteiger partial charge in [0.25, 0.3) is 12.3 Å². The van der Waals surface area contributed by atoms with Gasteiger partial charge in [0.2, 0.25) is 0 Å². The summed E-state index contributed by atoms with van der Waals surface area (Å²) in [6.45, 7) is 4.83. The summed E-state index contributed by atoms with van der Waals surface area (Å²) in [6, 6.07) is 1.63. The van der Waals surface area contributed by atoms with Gasteiger partial charge in [-0.2, -0.15) is 10.2 Å². The first-order valence-electron chi connectivity index (χ1n) is 12.6. The standard InChI is InChI=1S/C24H32F2N8O2/c1-2-32-10-7-15(8-11-32)34-14-18(21(31-34)22(25)26)29-24(36)16-13-27-33-12-9-20(30-23(16)33)28-17-5-3-4-6-19(17)35/h9,12-15,17,19,22,35H,2-8,10-11H2,1H3,(H,28,30)(H,29,36)/t17-,19+/m1/s1. The van der Waals surface area contributed by atoms with Crippen LogP contribution in [0.15, 0.2) is 24.7 Å². The number of amides is 1. The fourth-order valence-electron chi connectivity index (χ4n) is 5.12. The van der Waals surface area contributed by atoms with Gasteiger partial charge in [0.15, 0.2) is 11.3 Å². The second-order valence-corrected chi connectivity index (χ2v) is 9.57. The number of likely N-dealkylation sites (tertiary alicyclic amines) is 1. The van der Waals surface area contributed by atoms with Gasteiger partial charge in [0, 0.05) is 25.5 Å². The average molecular weight is 503 g/mol. The van der Waals surface area contributed by atoms with Crippen LogP contribution in [-0.4, -0.2) is 72.1 Å². The van der Waals surface area contributed by atoms with Crippen LogP contribution in [0.5, 0.6) is 0 Å². The van der Waals surface area contributed by atoms with Crippen molar-refractivity contribution in [2.45, 2.75) is 70.1 Å². The smallest absolute Gasteiger partial charge is 0.284 e. The lowest BCUT2D eigenvalue weighted by atomic mass is 9.93. The van der Waals surface area contributed by atoms with E-state index >= 15 is 0 Å². The van der Waals surface area contributed by atoms with Crippen LogP contribution in [0, 0.1) is 0 Å². The number of aliphatic hydroxyl groups is 1. The number of hydrogen-bond donors (Lipinski definition) is 3. The molecule has 1 saturated heterocycles. The Labute approximate surface area is 207 Å². The number of piperidine rings is 1. The number of rotatable bonds is 7. The highest BCUT2D eigenvalue weighted by Gasteiger charge is 2.27. The number of nitrogens with one attached hydrogen (secondary N) is 2. The van der Waals surface area contributed by atoms with Crippen LogP contribution >= 0.6 is 0 Å². The molecule has 3 aromatic rings. The maximum Gasteiger partial charge on any atom is 0.284 e. The van der Waals surface area contributed by atoms with E-state index in [2.05, 4.69) is 37.6 Å². The summed E-state index contributed by atoms with van der Waals surface area (Å²) in [5, 5.41) is 24.4. The summed E-state index contributed by atoms with van der Waals surface area (Å²) < 4.78 is 30.6. The monoisotopic (exact) mass is 502 g/mol. The van der Waals surface area contributed by atoms with E-state index in [4.69, 9.17) is 0 Å². The fourth-order valence-corrected chi connectivity index (χ4v) is 5.12. The minimum Gasteiger partial charge on any atom is -0.391 e. The van der Waals surface area contributed by atoms with Crippen molar-refractivity contribution in [3.63, 3.8) is 0 Å². The van der Waals surface area contributed by atoms with E-state index in [-0.39, 0.29) is 23.3 Å². The first-order chi connectivity index (χ1) is 17.4. The molecule has 0 unspecified atom stereocenters. The molecular weight excluding hydrogens is 470 g/mol. The lowest BCUT2D eigenvalue weighted by Crippen LogP contribution is -2.36. The molecule has 1 saturated carbocycles. The number of aliphatic hydroxyl groups excluding tert-OH is 1. The molecule has 10 nitrogen and oxygen atoms in total. The predicted octanol–water partition coefficient (Wildman–Crippen LogP) is 3.49. The van der Waals surface area contributed by atoms with Crippen LogP contribution < -0.4 is 10.6 Å². The number of carbonyl (C=O) groups excluding carboxylic acids is 1. The zero-order valence-electron chi connectivity index (χ0n) is 20.3. The zero-order chi connectivity index (χ0) is 25.2. The molecule has 4 heterocycles. The van der Waals surface area contributed by atoms with Crippen LogP contribution in [-0.2, 0) is 0 Å². The number of fused-ring (bicyclic) bond motifs is 1. The van der Waals surface area contributed by atoms with Crippen molar-refractivity contribution in [2.24, 2.45) is 0 Å². The summed E-state index contributed by atoms with van der Waals surface area (Å²) in [6.07, 6.45) is 6.47. The number of nitrogens with zero attached hydrogens (tertiary/aromatic N) is 6. The second kappa shape index (κ2) is 10.5. The molecule has 36 heavy (non-hydrogen) atoms. The van der Waals surface area contributed by atoms with Crippen LogP contribution in [0.2, 0.25) is 0 Å². The largest absolute Gasteiger partial charge is 0.391 e. The topological polar surface area (TPSA) is 113 Å². The SMILES string of the molecule is CCN1CCC(n2cc(NC(=O)c3cnn4ccc(N[C@@H]5CCCC[C@@H]5O)nc34)c(C(F)F)n2)CC1. The molecule has 0 spiro atoms. The number of hydrogen-bond acceptors (Lipinski definition) is 7. The Morgan fingerprint density at radius 3 is 2.72 bits per heavy atom. The van der Waals surface area contributed by atoms with E-state index < -0.39 is 24.1 Å². The van der Waals surface area contributed by atoms with E-state index in [0.29, 0.717) is 11.5 Å². The molecular formula is C24H32F2N8O2. The molecule has 2 aliphatic rings. The molecule has 0 bridgehead atoms. The summed E-state index contributed by atoms with van der Waals surface area (Å²) in [4.78, 5) is 20.0. The van der Waals surface area contributed by atoms with Crippen molar-refractivity contribution in [3.05, 3.63) is 35.9 Å². The van der Waals surface area contributed by atoms with Gasteiger partial charge in [-0.25, -0.2) is 18.3 Å². The molecule has 1 aliphatic heterocycles. The maximum atomic E-state index is 13.8. The lowest BCUT2D eigenvalue weighted by Gasteiger charge is -2.31. The highest BCUT2D eigenvalue weighted by Crippen LogP contribution is 2.30. The Morgan fingerprint density at radius 2 is 2.00 bits per heavy atom. The van der Waals surface area contributed by atoms with E-state index in [0.717, 1.165) is 58.2 Å². The second-order valence-electron chi connectivity index (χ2n) is 9.57. The Bertz CT molecular complexity index is 1200. The van der Waals surface area contributed by atoms with Gasteiger partial charge in [0.05, 0.1) is 30.1 Å². The number of aromatic nitrogens is 5. The first-order valence-corrected chi connectivity index (χ1v) is 12.6. The van der Waals surface area contributed by atoms with Crippen LogP contribution in [0.25, 0.3) is 5.65 Å². The normalized spacial score (nSPS) is 21.8. The molecule has 3 N–H and O–H groups in total. The first kappa shape index (κ1) is 24.6. The van der Waals surface area contributed by atoms with E-state index in [1.54, 1.807) is 16.9 Å². The number of halogens is 2. The fraction of sp³-hybridized carbons (Fsp3) is 0.583. The van der Waals surface area contributed by atoms with Gasteiger partial charge < -0.3 is 20.6 Å². The minimum atomic E-state index is -2.82. The quantitative estimate of drug-likeness (QED) is 0.453. The third kappa shape index (κ3) is 5.05. The summed E-state index contributed by atoms with van der Waals surface area (Å²) >= 11 is 0. The Hall–Kier alpha value is -3.12. The Balaban J connectivity index is 1.35. The molecule has 3 aromatic heterocycles. The maximum absolute atomic E-state index is 13.8. The molecule has 194 valence electrons. The zero-order valence-corrected chi connectivity index (χ0v) is 20.3. The highest BCUT2D eigenvalue weighted by atomic mass is 19.3. The number of alkyl halides is 2. The Kier molecular flexibility index (Phi) is 7.15. The molecule has 2 fully saturated rings. The van der Waals surface area contributed by atoms with Crippen LogP contribution in [0.1, 0.15) is 74.0 Å². The predicted molar refractivity (Wildman–Crippen MR) is 130 cm³/mol. The molecule has 2 atom stereocenters. The van der Waals surface area contributed by atoms with Gasteiger partial charge >= 0.3 is 0 Å². The van der Waals surface area contributed by atoms with Crippen molar-refractivity contribution < 1.29 is 18.7 Å². The van der Waals surface area contributed by atoms with Gasteiger partial charge in [-0.1, -0.05) is 19.8 Å². The van der Waals surface area contributed by atoms with Gasteiger partial charge in [-0.05, 0) is 38.3 Å². The summed E-state index contributed by atoms with van der Waals surface area (Å²) in [7, 11) is 0. The van der Waals surface area contributed by atoms with E-state index in [1.165, 1.54) is 16.9 Å². The van der Waals surface area contributed by atoms with Crippen LogP contribution in [0.4, 0.5) is 20.3 Å². The average Bonchev–Trinajstić information content (AvgIpc) is 3.50. The van der Waals surface area contributed by atoms with Gasteiger partial charge in [-0.15, -0.1) is 0 Å². The lowest BCUT2D eigenvalue weighted by molar-refractivity contribution is 0.102. The van der Waals surface area contributed by atoms with Crippen molar-refractivity contribution >= 4 is 23.1 Å². The third-order valence-corrected chi connectivity index (χ3v) is 7.27. The van der Waals surface area contributed by atoms with Gasteiger partial charge in [0.1, 0.15) is 11.4 Å². The third-order valence-electron chi connectivity index (χ3n) is 7.27. The highest BCUT2D eigenvalue weighted by molar-refractivity contribution is 6.08. The molecule has 0 aromatic carbocycles. The molecule has 5 rings (SSSR count).